The number of thiophene rings is 1. The zero-order chi connectivity index (χ0) is 28.2. The third kappa shape index (κ3) is 6.36. The minimum Gasteiger partial charge on any atom is -0.301 e. The summed E-state index contributed by atoms with van der Waals surface area (Å²) in [6.07, 6.45) is 0. The summed E-state index contributed by atoms with van der Waals surface area (Å²) in [5.74, 6) is -0.192. The van der Waals surface area contributed by atoms with Crippen LogP contribution in [0.1, 0.15) is 10.8 Å². The molecule has 0 aliphatic rings. The Morgan fingerprint density at radius 3 is 2.32 bits per heavy atom. The molecule has 10 heteroatoms. The second kappa shape index (κ2) is 11.9. The maximum absolute atomic E-state index is 13.6. The minimum absolute atomic E-state index is 0.192. The van der Waals surface area contributed by atoms with E-state index in [0.717, 1.165) is 43.8 Å². The van der Waals surface area contributed by atoms with E-state index >= 15 is 0 Å². The summed E-state index contributed by atoms with van der Waals surface area (Å²) in [7, 11) is -3.63. The molecule has 41 heavy (non-hydrogen) atoms. The number of carbonyl (C=O) groups excluding carboxylic acids is 1. The van der Waals surface area contributed by atoms with E-state index in [9.17, 15) is 13.2 Å². The Balaban J connectivity index is 1.19. The maximum Gasteiger partial charge on any atom is 0.271 e. The molecule has 1 atom stereocenters. The lowest BCUT2D eigenvalue weighted by Gasteiger charge is -2.16. The lowest BCUT2D eigenvalue weighted by atomic mass is 10.1. The van der Waals surface area contributed by atoms with Crippen LogP contribution in [0, 0.1) is 0 Å². The molecule has 0 saturated carbocycles. The number of aromatic nitrogens is 1. The van der Waals surface area contributed by atoms with Gasteiger partial charge >= 0.3 is 0 Å². The van der Waals surface area contributed by atoms with E-state index in [1.165, 1.54) is 23.1 Å². The number of benzene rings is 4. The summed E-state index contributed by atoms with van der Waals surface area (Å²) in [5, 5.41) is 8.95. The molecule has 6 aromatic rings. The van der Waals surface area contributed by atoms with Crippen molar-refractivity contribution in [1.82, 2.24) is 4.98 Å². The molecule has 0 fully saturated rings. The zero-order valence-corrected chi connectivity index (χ0v) is 24.7. The van der Waals surface area contributed by atoms with Gasteiger partial charge in [0.1, 0.15) is 9.46 Å². The number of sulfonamides is 1. The molecular weight excluding hydrogens is 591 g/mol. The number of rotatable bonds is 9. The van der Waals surface area contributed by atoms with E-state index in [0.29, 0.717) is 10.8 Å². The topological polar surface area (TPSA) is 88.2 Å². The first kappa shape index (κ1) is 27.2. The van der Waals surface area contributed by atoms with Gasteiger partial charge in [0.15, 0.2) is 5.13 Å². The lowest BCUT2D eigenvalue weighted by Crippen LogP contribution is -2.19. The largest absolute Gasteiger partial charge is 0.301 e. The Kier molecular flexibility index (Phi) is 7.89. The van der Waals surface area contributed by atoms with Gasteiger partial charge in [-0.2, -0.15) is 0 Å². The fourth-order valence-corrected chi connectivity index (χ4v) is 8.04. The monoisotopic (exact) mass is 613 g/mol. The normalized spacial score (nSPS) is 12.2. The highest BCUT2D eigenvalue weighted by atomic mass is 32.2. The van der Waals surface area contributed by atoms with E-state index in [1.54, 1.807) is 41.8 Å². The molecule has 1 unspecified atom stereocenters. The fourth-order valence-electron chi connectivity index (χ4n) is 4.24. The summed E-state index contributed by atoms with van der Waals surface area (Å²) >= 11 is 3.93. The maximum atomic E-state index is 13.6. The molecule has 2 aromatic heterocycles. The number of hydrogen-bond acceptors (Lipinski definition) is 7. The molecule has 0 saturated heterocycles. The van der Waals surface area contributed by atoms with Gasteiger partial charge in [-0.15, -0.1) is 34.4 Å². The Morgan fingerprint density at radius 1 is 0.805 bits per heavy atom. The highest BCUT2D eigenvalue weighted by Crippen LogP contribution is 2.37. The van der Waals surface area contributed by atoms with Gasteiger partial charge in [-0.1, -0.05) is 72.8 Å². The first-order valence-electron chi connectivity index (χ1n) is 12.6. The van der Waals surface area contributed by atoms with Crippen molar-refractivity contribution in [3.05, 3.63) is 126 Å². The predicted octanol–water partition coefficient (Wildman–Crippen LogP) is 8.30. The Bertz CT molecular complexity index is 1900. The minimum atomic E-state index is -3.63. The molecular formula is C31H23N3O3S4. The van der Waals surface area contributed by atoms with Gasteiger partial charge in [0.25, 0.3) is 10.0 Å². The summed E-state index contributed by atoms with van der Waals surface area (Å²) in [6, 6.07) is 34.2. The highest BCUT2D eigenvalue weighted by Gasteiger charge is 2.23. The van der Waals surface area contributed by atoms with Gasteiger partial charge < -0.3 is 5.32 Å². The molecule has 204 valence electrons. The van der Waals surface area contributed by atoms with Crippen LogP contribution < -0.4 is 10.0 Å². The standard InChI is InChI=1S/C31H23N3O3S4/c35-30(33-31-32-27(20-39-31)24-13-12-21-7-4-5-10-23(21)19-24)29(22-8-2-1-3-9-22)40-26-16-14-25(15-17-26)34-41(36,37)28-11-6-18-38-28/h1-20,29,34H,(H,32,33,35). The van der Waals surface area contributed by atoms with E-state index in [2.05, 4.69) is 34.3 Å². The Labute approximate surface area is 250 Å². The Hall–Kier alpha value is -3.96. The third-order valence-electron chi connectivity index (χ3n) is 6.24. The second-order valence-electron chi connectivity index (χ2n) is 9.06. The molecule has 4 aromatic carbocycles. The van der Waals surface area contributed by atoms with E-state index < -0.39 is 15.3 Å². The number of nitrogens with one attached hydrogen (secondary N) is 2. The van der Waals surface area contributed by atoms with Crippen molar-refractivity contribution in [3.8, 4) is 11.3 Å². The number of amides is 1. The van der Waals surface area contributed by atoms with Crippen molar-refractivity contribution >= 4 is 72.0 Å². The molecule has 0 aliphatic heterocycles. The van der Waals surface area contributed by atoms with Crippen molar-refractivity contribution in [2.75, 3.05) is 10.0 Å². The van der Waals surface area contributed by atoms with Crippen LogP contribution in [-0.4, -0.2) is 19.3 Å². The number of thioether (sulfide) groups is 1. The van der Waals surface area contributed by atoms with Gasteiger partial charge in [-0.05, 0) is 58.1 Å². The number of nitrogens with zero attached hydrogens (tertiary/aromatic N) is 1. The number of fused-ring (bicyclic) bond motifs is 1. The molecule has 1 amide bonds. The van der Waals surface area contributed by atoms with E-state index in [-0.39, 0.29) is 10.1 Å². The molecule has 0 bridgehead atoms. The van der Waals surface area contributed by atoms with Crippen LogP contribution >= 0.6 is 34.4 Å². The van der Waals surface area contributed by atoms with Crippen LogP contribution in [0.5, 0.6) is 0 Å². The first-order valence-corrected chi connectivity index (χ1v) is 16.7. The molecule has 2 N–H and O–H groups in total. The van der Waals surface area contributed by atoms with Crippen molar-refractivity contribution in [1.29, 1.82) is 0 Å². The lowest BCUT2D eigenvalue weighted by molar-refractivity contribution is -0.115. The van der Waals surface area contributed by atoms with Crippen LogP contribution in [0.2, 0.25) is 0 Å². The summed E-state index contributed by atoms with van der Waals surface area (Å²) in [4.78, 5) is 19.1. The van der Waals surface area contributed by atoms with Crippen LogP contribution in [0.25, 0.3) is 22.0 Å². The number of carbonyl (C=O) groups is 1. The van der Waals surface area contributed by atoms with Gasteiger partial charge in [0.2, 0.25) is 5.91 Å². The summed E-state index contributed by atoms with van der Waals surface area (Å²) in [5.41, 5.74) is 3.10. The first-order chi connectivity index (χ1) is 19.9. The summed E-state index contributed by atoms with van der Waals surface area (Å²) < 4.78 is 28.0. The van der Waals surface area contributed by atoms with Gasteiger partial charge in [-0.25, -0.2) is 13.4 Å². The molecule has 0 radical (unpaired) electrons. The smallest absolute Gasteiger partial charge is 0.271 e. The van der Waals surface area contributed by atoms with Crippen LogP contribution in [-0.2, 0) is 14.8 Å². The van der Waals surface area contributed by atoms with E-state index in [1.807, 2.05) is 53.9 Å². The highest BCUT2D eigenvalue weighted by molar-refractivity contribution is 8.00. The predicted molar refractivity (Wildman–Crippen MR) is 170 cm³/mol. The Morgan fingerprint density at radius 2 is 1.56 bits per heavy atom. The van der Waals surface area contributed by atoms with E-state index in [4.69, 9.17) is 4.98 Å². The fraction of sp³-hybridized carbons (Fsp3) is 0.0323. The van der Waals surface area contributed by atoms with Crippen LogP contribution in [0.3, 0.4) is 0 Å². The molecule has 6 nitrogen and oxygen atoms in total. The number of hydrogen-bond donors (Lipinski definition) is 2. The van der Waals surface area contributed by atoms with Crippen molar-refractivity contribution in [3.63, 3.8) is 0 Å². The van der Waals surface area contributed by atoms with Crippen molar-refractivity contribution < 1.29 is 13.2 Å². The SMILES string of the molecule is O=C(Nc1nc(-c2ccc3ccccc3c2)cs1)C(Sc1ccc(NS(=O)(=O)c2cccs2)cc1)c1ccccc1. The van der Waals surface area contributed by atoms with Gasteiger partial charge in [0.05, 0.1) is 5.69 Å². The third-order valence-corrected chi connectivity index (χ3v) is 11.0. The van der Waals surface area contributed by atoms with Gasteiger partial charge in [0, 0.05) is 21.5 Å². The average molecular weight is 614 g/mol. The molecule has 0 aliphatic carbocycles. The van der Waals surface area contributed by atoms with Gasteiger partial charge in [-0.3, -0.25) is 9.52 Å². The second-order valence-corrected chi connectivity index (χ2v) is 14.0. The van der Waals surface area contributed by atoms with Crippen LogP contribution in [0.4, 0.5) is 10.8 Å². The summed E-state index contributed by atoms with van der Waals surface area (Å²) in [6.45, 7) is 0. The number of anilines is 2. The van der Waals surface area contributed by atoms with Crippen LogP contribution in [0.15, 0.2) is 129 Å². The quantitative estimate of drug-likeness (QED) is 0.160. The van der Waals surface area contributed by atoms with Crippen molar-refractivity contribution in [2.24, 2.45) is 0 Å². The zero-order valence-electron chi connectivity index (χ0n) is 21.4. The molecule has 6 rings (SSSR count). The van der Waals surface area contributed by atoms with Crippen molar-refractivity contribution in [2.45, 2.75) is 14.4 Å². The average Bonchev–Trinajstić information content (AvgIpc) is 3.70. The molecule has 0 spiro atoms. The number of thiazole rings is 1. The molecule has 2 heterocycles.